The minimum atomic E-state index is -0.0147. The number of carbonyl (C=O) groups excluding carboxylic acids is 1. The number of hydrogen-bond acceptors (Lipinski definition) is 3. The fourth-order valence-electron chi connectivity index (χ4n) is 2.83. The van der Waals surface area contributed by atoms with Gasteiger partial charge in [0.25, 0.3) is 5.91 Å². The first-order chi connectivity index (χ1) is 11.3. The quantitative estimate of drug-likeness (QED) is 0.747. The van der Waals surface area contributed by atoms with Crippen LogP contribution in [0.4, 0.5) is 0 Å². The van der Waals surface area contributed by atoms with Crippen LogP contribution in [0, 0.1) is 0 Å². The monoisotopic (exact) mass is 304 g/mol. The Kier molecular flexibility index (Phi) is 3.38. The zero-order chi connectivity index (χ0) is 15.6. The van der Waals surface area contributed by atoms with Crippen LogP contribution >= 0.6 is 0 Å². The van der Waals surface area contributed by atoms with Gasteiger partial charge in [0.1, 0.15) is 6.54 Å². The molecule has 23 heavy (non-hydrogen) atoms. The van der Waals surface area contributed by atoms with Gasteiger partial charge in [0.15, 0.2) is 0 Å². The predicted octanol–water partition coefficient (Wildman–Crippen LogP) is 2.67. The van der Waals surface area contributed by atoms with Crippen molar-refractivity contribution in [2.75, 3.05) is 6.54 Å². The van der Waals surface area contributed by atoms with Crippen LogP contribution in [-0.2, 0) is 11.3 Å². The van der Waals surface area contributed by atoms with E-state index in [0.29, 0.717) is 6.54 Å². The second-order valence-corrected chi connectivity index (χ2v) is 5.54. The Morgan fingerprint density at radius 2 is 1.83 bits per heavy atom. The summed E-state index contributed by atoms with van der Waals surface area (Å²) in [4.78, 5) is 16.8. The van der Waals surface area contributed by atoms with Gasteiger partial charge in [0, 0.05) is 6.42 Å². The van der Waals surface area contributed by atoms with Gasteiger partial charge in [0.2, 0.25) is 0 Å². The van der Waals surface area contributed by atoms with Crippen LogP contribution < -0.4 is 0 Å². The van der Waals surface area contributed by atoms with E-state index in [-0.39, 0.29) is 12.5 Å². The highest BCUT2D eigenvalue weighted by molar-refractivity contribution is 6.02. The van der Waals surface area contributed by atoms with E-state index in [1.807, 2.05) is 59.2 Å². The lowest BCUT2D eigenvalue weighted by Gasteiger charge is -2.12. The molecule has 2 heterocycles. The minimum Gasteiger partial charge on any atom is -0.321 e. The third-order valence-corrected chi connectivity index (χ3v) is 4.03. The Morgan fingerprint density at radius 1 is 1.04 bits per heavy atom. The highest BCUT2D eigenvalue weighted by Gasteiger charge is 2.22. The van der Waals surface area contributed by atoms with Crippen LogP contribution in [0.15, 0.2) is 66.0 Å². The Bertz CT molecular complexity index is 882. The van der Waals surface area contributed by atoms with Crippen molar-refractivity contribution in [1.29, 1.82) is 0 Å². The van der Waals surface area contributed by atoms with Gasteiger partial charge in [-0.2, -0.15) is 5.10 Å². The summed E-state index contributed by atoms with van der Waals surface area (Å²) in [5, 5.41) is 6.05. The molecule has 4 rings (SSSR count). The largest absolute Gasteiger partial charge is 0.321 e. The van der Waals surface area contributed by atoms with Crippen molar-refractivity contribution in [1.82, 2.24) is 14.6 Å². The number of rotatable bonds is 3. The van der Waals surface area contributed by atoms with Gasteiger partial charge in [-0.3, -0.25) is 4.79 Å². The predicted molar refractivity (Wildman–Crippen MR) is 89.0 cm³/mol. The van der Waals surface area contributed by atoms with Crippen molar-refractivity contribution in [2.45, 2.75) is 13.0 Å². The van der Waals surface area contributed by atoms with Crippen LogP contribution in [0.25, 0.3) is 11.0 Å². The molecule has 0 radical (unpaired) electrons. The first-order valence-corrected chi connectivity index (χ1v) is 7.64. The number of fused-ring (bicyclic) bond motifs is 1. The topological polar surface area (TPSA) is 50.5 Å². The number of imidazole rings is 1. The number of carbonyl (C=O) groups is 1. The minimum absolute atomic E-state index is 0.0147. The molecule has 0 atom stereocenters. The molecule has 1 aromatic heterocycles. The van der Waals surface area contributed by atoms with Gasteiger partial charge in [-0.1, -0.05) is 42.5 Å². The first kappa shape index (κ1) is 13.7. The maximum absolute atomic E-state index is 12.5. The molecule has 0 N–H and O–H groups in total. The Labute approximate surface area is 133 Å². The lowest BCUT2D eigenvalue weighted by Crippen LogP contribution is -2.27. The Hall–Kier alpha value is -2.95. The first-order valence-electron chi connectivity index (χ1n) is 7.64. The number of para-hydroxylation sites is 2. The molecule has 2 aromatic carbocycles. The van der Waals surface area contributed by atoms with Gasteiger partial charge in [-0.25, -0.2) is 9.99 Å². The van der Waals surface area contributed by atoms with Crippen LogP contribution in [0.3, 0.4) is 0 Å². The van der Waals surface area contributed by atoms with Crippen LogP contribution in [0.1, 0.15) is 12.0 Å². The number of benzene rings is 2. The summed E-state index contributed by atoms with van der Waals surface area (Å²) in [5.41, 5.74) is 3.91. The molecular weight excluding hydrogens is 288 g/mol. The van der Waals surface area contributed by atoms with Gasteiger partial charge in [-0.15, -0.1) is 0 Å². The molecule has 5 heteroatoms. The Balaban J connectivity index is 1.53. The summed E-state index contributed by atoms with van der Waals surface area (Å²) in [6.45, 7) is 0.891. The van der Waals surface area contributed by atoms with Crippen LogP contribution in [0.5, 0.6) is 0 Å². The van der Waals surface area contributed by atoms with Crippen molar-refractivity contribution in [3.63, 3.8) is 0 Å². The smallest absolute Gasteiger partial charge is 0.262 e. The molecule has 0 fully saturated rings. The molecule has 0 aliphatic carbocycles. The van der Waals surface area contributed by atoms with Crippen molar-refractivity contribution in [3.8, 4) is 0 Å². The molecule has 5 nitrogen and oxygen atoms in total. The summed E-state index contributed by atoms with van der Waals surface area (Å²) in [6.07, 6.45) is 2.50. The molecule has 0 bridgehead atoms. The lowest BCUT2D eigenvalue weighted by atomic mass is 10.1. The Morgan fingerprint density at radius 3 is 2.70 bits per heavy atom. The number of amides is 1. The normalized spacial score (nSPS) is 14.3. The fraction of sp³-hybridized carbons (Fsp3) is 0.167. The van der Waals surface area contributed by atoms with Gasteiger partial charge in [0.05, 0.1) is 29.6 Å². The second kappa shape index (κ2) is 5.68. The molecule has 114 valence electrons. The van der Waals surface area contributed by atoms with E-state index in [1.165, 1.54) is 0 Å². The molecule has 3 aromatic rings. The zero-order valence-electron chi connectivity index (χ0n) is 12.6. The van der Waals surface area contributed by atoms with E-state index in [1.54, 1.807) is 11.3 Å². The van der Waals surface area contributed by atoms with E-state index < -0.39 is 0 Å². The summed E-state index contributed by atoms with van der Waals surface area (Å²) >= 11 is 0. The van der Waals surface area contributed by atoms with E-state index in [0.717, 1.165) is 28.7 Å². The average Bonchev–Trinajstić information content (AvgIpc) is 3.24. The van der Waals surface area contributed by atoms with Crippen molar-refractivity contribution in [2.24, 2.45) is 5.10 Å². The van der Waals surface area contributed by atoms with Gasteiger partial charge < -0.3 is 4.57 Å². The lowest BCUT2D eigenvalue weighted by molar-refractivity contribution is -0.131. The molecule has 0 unspecified atom stereocenters. The second-order valence-electron chi connectivity index (χ2n) is 5.54. The summed E-state index contributed by atoms with van der Waals surface area (Å²) in [5.74, 6) is -0.0147. The van der Waals surface area contributed by atoms with Crippen molar-refractivity contribution in [3.05, 3.63) is 66.5 Å². The summed E-state index contributed by atoms with van der Waals surface area (Å²) in [7, 11) is 0. The fourth-order valence-corrected chi connectivity index (χ4v) is 2.83. The van der Waals surface area contributed by atoms with E-state index in [9.17, 15) is 4.79 Å². The summed E-state index contributed by atoms with van der Waals surface area (Å²) in [6, 6.07) is 17.8. The molecule has 1 aliphatic rings. The van der Waals surface area contributed by atoms with E-state index >= 15 is 0 Å². The zero-order valence-corrected chi connectivity index (χ0v) is 12.6. The van der Waals surface area contributed by atoms with Gasteiger partial charge >= 0.3 is 0 Å². The maximum Gasteiger partial charge on any atom is 0.262 e. The standard InChI is InChI=1S/C18H16N4O/c23-18(12-21-13-19-16-8-4-5-9-17(16)21)22-11-10-15(20-22)14-6-2-1-3-7-14/h1-9,13H,10-12H2. The number of hydrogen-bond donors (Lipinski definition) is 0. The third-order valence-electron chi connectivity index (χ3n) is 4.03. The highest BCUT2D eigenvalue weighted by Crippen LogP contribution is 2.16. The van der Waals surface area contributed by atoms with E-state index in [2.05, 4.69) is 10.1 Å². The number of hydrazone groups is 1. The molecule has 0 saturated carbocycles. The maximum atomic E-state index is 12.5. The van der Waals surface area contributed by atoms with Crippen molar-refractivity contribution < 1.29 is 4.79 Å². The highest BCUT2D eigenvalue weighted by atomic mass is 16.2. The molecule has 0 saturated heterocycles. The molecule has 1 amide bonds. The van der Waals surface area contributed by atoms with Crippen LogP contribution in [-0.4, -0.2) is 32.7 Å². The van der Waals surface area contributed by atoms with Crippen LogP contribution in [0.2, 0.25) is 0 Å². The van der Waals surface area contributed by atoms with Crippen molar-refractivity contribution >= 4 is 22.7 Å². The van der Waals surface area contributed by atoms with Gasteiger partial charge in [-0.05, 0) is 17.7 Å². The number of nitrogens with zero attached hydrogens (tertiary/aromatic N) is 4. The average molecular weight is 304 g/mol. The SMILES string of the molecule is O=C(Cn1cnc2ccccc21)N1CCC(c2ccccc2)=N1. The summed E-state index contributed by atoms with van der Waals surface area (Å²) < 4.78 is 1.87. The molecule has 1 aliphatic heterocycles. The molecule has 0 spiro atoms. The third kappa shape index (κ3) is 2.61. The van der Waals surface area contributed by atoms with E-state index in [4.69, 9.17) is 0 Å². The molecular formula is C18H16N4O. The number of aromatic nitrogens is 2.